The second-order valence-corrected chi connectivity index (χ2v) is 2.39. The van der Waals surface area contributed by atoms with Gasteiger partial charge < -0.3 is 4.42 Å². The molecule has 0 aromatic carbocycles. The average Bonchev–Trinajstić information content (AvgIpc) is 2.30. The largest absolute Gasteiger partial charge is 0.446 e. The maximum atomic E-state index is 10.2. The van der Waals surface area contributed by atoms with Crippen LogP contribution in [0.15, 0.2) is 15.2 Å². The Kier molecular flexibility index (Phi) is 2.01. The zero-order valence-electron chi connectivity index (χ0n) is 4.83. The van der Waals surface area contributed by atoms with E-state index in [9.17, 15) is 9.59 Å². The zero-order valence-corrected chi connectivity index (χ0v) is 6.42. The Morgan fingerprint density at radius 2 is 2.10 bits per heavy atom. The lowest BCUT2D eigenvalue weighted by Gasteiger charge is -1.78. The van der Waals surface area contributed by atoms with Gasteiger partial charge in [-0.05, 0) is 15.9 Å². The highest BCUT2D eigenvalue weighted by atomic mass is 79.9. The summed E-state index contributed by atoms with van der Waals surface area (Å²) in [5, 5.41) is 0. The fraction of sp³-hybridized carbons (Fsp3) is 0. The molecule has 1 heterocycles. The first kappa shape index (κ1) is 7.21. The Labute approximate surface area is 65.1 Å². The number of carbonyl (C=O) groups is 2. The normalized spacial score (nSPS) is 9.30. The van der Waals surface area contributed by atoms with Crippen LogP contribution >= 0.6 is 15.9 Å². The van der Waals surface area contributed by atoms with Gasteiger partial charge in [-0.3, -0.25) is 9.59 Å². The summed E-state index contributed by atoms with van der Waals surface area (Å²) in [4.78, 5) is 20.3. The van der Waals surface area contributed by atoms with Crippen molar-refractivity contribution in [3.8, 4) is 0 Å². The molecule has 0 bridgehead atoms. The lowest BCUT2D eigenvalue weighted by molar-refractivity contribution is 0.107. The molecule has 0 amide bonds. The molecular formula is C6H3BrO3. The first-order chi connectivity index (χ1) is 4.77. The standard InChI is InChI=1S/C6H3BrO3/c7-6-1-4(2-8)5(3-9)10-6/h1-3H. The lowest BCUT2D eigenvalue weighted by atomic mass is 10.3. The van der Waals surface area contributed by atoms with Crippen LogP contribution in [0.5, 0.6) is 0 Å². The van der Waals surface area contributed by atoms with Crippen molar-refractivity contribution in [1.82, 2.24) is 0 Å². The molecule has 0 radical (unpaired) electrons. The molecule has 3 nitrogen and oxygen atoms in total. The van der Waals surface area contributed by atoms with Gasteiger partial charge in [-0.2, -0.15) is 0 Å². The van der Waals surface area contributed by atoms with Gasteiger partial charge in [0.1, 0.15) is 0 Å². The Morgan fingerprint density at radius 1 is 1.40 bits per heavy atom. The Morgan fingerprint density at radius 3 is 2.50 bits per heavy atom. The van der Waals surface area contributed by atoms with Crippen molar-refractivity contribution < 1.29 is 14.0 Å². The third kappa shape index (κ3) is 1.16. The molecule has 0 aliphatic rings. The summed E-state index contributed by atoms with van der Waals surface area (Å²) >= 11 is 2.98. The van der Waals surface area contributed by atoms with Crippen LogP contribution in [0, 0.1) is 0 Å². The van der Waals surface area contributed by atoms with Crippen LogP contribution < -0.4 is 0 Å². The van der Waals surface area contributed by atoms with Gasteiger partial charge in [0, 0.05) is 6.07 Å². The number of halogens is 1. The van der Waals surface area contributed by atoms with E-state index in [1.807, 2.05) is 0 Å². The minimum atomic E-state index is 0.0573. The summed E-state index contributed by atoms with van der Waals surface area (Å²) in [6.07, 6.45) is 1.06. The van der Waals surface area contributed by atoms with Gasteiger partial charge in [-0.15, -0.1) is 0 Å². The van der Waals surface area contributed by atoms with Crippen LogP contribution in [-0.4, -0.2) is 12.6 Å². The number of carbonyl (C=O) groups excluding carboxylic acids is 2. The van der Waals surface area contributed by atoms with Gasteiger partial charge in [-0.1, -0.05) is 0 Å². The smallest absolute Gasteiger partial charge is 0.186 e. The van der Waals surface area contributed by atoms with Crippen molar-refractivity contribution in [2.45, 2.75) is 0 Å². The van der Waals surface area contributed by atoms with E-state index in [0.717, 1.165) is 0 Å². The molecule has 0 unspecified atom stereocenters. The van der Waals surface area contributed by atoms with Gasteiger partial charge in [0.25, 0.3) is 0 Å². The Balaban J connectivity index is 3.20. The second kappa shape index (κ2) is 2.79. The fourth-order valence-electron chi connectivity index (χ4n) is 0.571. The fourth-order valence-corrected chi connectivity index (χ4v) is 0.992. The van der Waals surface area contributed by atoms with Gasteiger partial charge in [-0.25, -0.2) is 0 Å². The van der Waals surface area contributed by atoms with Crippen molar-refractivity contribution in [3.63, 3.8) is 0 Å². The minimum absolute atomic E-state index is 0.0573. The maximum absolute atomic E-state index is 10.2. The van der Waals surface area contributed by atoms with E-state index in [1.165, 1.54) is 6.07 Å². The number of furan rings is 1. The van der Waals surface area contributed by atoms with Crippen molar-refractivity contribution >= 4 is 28.5 Å². The maximum Gasteiger partial charge on any atom is 0.186 e. The first-order valence-electron chi connectivity index (χ1n) is 2.47. The van der Waals surface area contributed by atoms with E-state index in [1.54, 1.807) is 0 Å². The van der Waals surface area contributed by atoms with E-state index in [4.69, 9.17) is 4.42 Å². The molecule has 52 valence electrons. The molecular weight excluding hydrogens is 200 g/mol. The zero-order chi connectivity index (χ0) is 7.56. The highest BCUT2D eigenvalue weighted by molar-refractivity contribution is 9.10. The molecule has 4 heteroatoms. The number of hydrogen-bond acceptors (Lipinski definition) is 3. The SMILES string of the molecule is O=Cc1cc(Br)oc1C=O. The van der Waals surface area contributed by atoms with Gasteiger partial charge in [0.15, 0.2) is 23.0 Å². The van der Waals surface area contributed by atoms with Crippen LogP contribution in [0.2, 0.25) is 0 Å². The average molecular weight is 203 g/mol. The minimum Gasteiger partial charge on any atom is -0.446 e. The molecule has 0 N–H and O–H groups in total. The van der Waals surface area contributed by atoms with Gasteiger partial charge in [0.2, 0.25) is 0 Å². The van der Waals surface area contributed by atoms with Crippen LogP contribution in [0.25, 0.3) is 0 Å². The lowest BCUT2D eigenvalue weighted by Crippen LogP contribution is -1.81. The van der Waals surface area contributed by atoms with Crippen molar-refractivity contribution in [3.05, 3.63) is 22.1 Å². The van der Waals surface area contributed by atoms with Crippen LogP contribution in [0.4, 0.5) is 0 Å². The first-order valence-corrected chi connectivity index (χ1v) is 3.27. The summed E-state index contributed by atoms with van der Waals surface area (Å²) in [6.45, 7) is 0. The molecule has 1 aromatic rings. The predicted molar refractivity (Wildman–Crippen MR) is 37.2 cm³/mol. The predicted octanol–water partition coefficient (Wildman–Crippen LogP) is 1.67. The second-order valence-electron chi connectivity index (χ2n) is 1.61. The Hall–Kier alpha value is -0.900. The number of aldehydes is 2. The summed E-state index contributed by atoms with van der Waals surface area (Å²) in [5.74, 6) is 0.0573. The molecule has 0 aliphatic carbocycles. The third-order valence-electron chi connectivity index (χ3n) is 0.995. The van der Waals surface area contributed by atoms with Crippen molar-refractivity contribution in [2.24, 2.45) is 0 Å². The van der Waals surface area contributed by atoms with Crippen LogP contribution in [-0.2, 0) is 0 Å². The molecule has 0 atom stereocenters. The molecule has 1 aromatic heterocycles. The van der Waals surface area contributed by atoms with Gasteiger partial charge >= 0.3 is 0 Å². The summed E-state index contributed by atoms with van der Waals surface area (Å²) < 4.78 is 5.16. The van der Waals surface area contributed by atoms with Gasteiger partial charge in [0.05, 0.1) is 5.56 Å². The molecule has 10 heavy (non-hydrogen) atoms. The molecule has 0 saturated carbocycles. The van der Waals surface area contributed by atoms with Crippen LogP contribution in [0.3, 0.4) is 0 Å². The van der Waals surface area contributed by atoms with Crippen molar-refractivity contribution in [1.29, 1.82) is 0 Å². The molecule has 0 aliphatic heterocycles. The quantitative estimate of drug-likeness (QED) is 0.686. The summed E-state index contributed by atoms with van der Waals surface area (Å²) in [7, 11) is 0. The topological polar surface area (TPSA) is 47.3 Å². The molecule has 0 fully saturated rings. The molecule has 0 spiro atoms. The van der Waals surface area contributed by atoms with E-state index in [2.05, 4.69) is 15.9 Å². The summed E-state index contributed by atoms with van der Waals surface area (Å²) in [6, 6.07) is 1.44. The highest BCUT2D eigenvalue weighted by Crippen LogP contribution is 2.16. The summed E-state index contributed by atoms with van der Waals surface area (Å²) in [5.41, 5.74) is 0.266. The van der Waals surface area contributed by atoms with E-state index in [0.29, 0.717) is 17.2 Å². The number of hydrogen-bond donors (Lipinski definition) is 0. The van der Waals surface area contributed by atoms with Crippen LogP contribution in [0.1, 0.15) is 20.9 Å². The molecule has 0 saturated heterocycles. The third-order valence-corrected chi connectivity index (χ3v) is 1.39. The van der Waals surface area contributed by atoms with E-state index < -0.39 is 0 Å². The molecule has 1 rings (SSSR count). The van der Waals surface area contributed by atoms with E-state index >= 15 is 0 Å². The Bertz CT molecular complexity index is 238. The van der Waals surface area contributed by atoms with E-state index in [-0.39, 0.29) is 11.3 Å². The van der Waals surface area contributed by atoms with Crippen molar-refractivity contribution in [2.75, 3.05) is 0 Å². The highest BCUT2D eigenvalue weighted by Gasteiger charge is 2.06. The number of rotatable bonds is 2. The monoisotopic (exact) mass is 202 g/mol.